The van der Waals surface area contributed by atoms with Crippen molar-refractivity contribution in [3.63, 3.8) is 0 Å². The number of rotatable bonds is 6. The third kappa shape index (κ3) is 3.14. The molecule has 3 heteroatoms. The predicted molar refractivity (Wildman–Crippen MR) is 65.9 cm³/mol. The minimum atomic E-state index is 0.263. The minimum Gasteiger partial charge on any atom is -0.504 e. The number of methoxy groups -OCH3 is 1. The molecule has 1 aromatic rings. The van der Waals surface area contributed by atoms with Crippen LogP contribution in [0.25, 0.3) is 0 Å². The van der Waals surface area contributed by atoms with Crippen LogP contribution in [0.15, 0.2) is 18.2 Å². The molecule has 16 heavy (non-hydrogen) atoms. The minimum absolute atomic E-state index is 0.263. The fraction of sp³-hybridized carbons (Fsp3) is 0.538. The molecule has 0 aromatic heterocycles. The number of hydrogen-bond donors (Lipinski definition) is 1. The fourth-order valence-electron chi connectivity index (χ4n) is 1.77. The number of benzene rings is 1. The molecule has 0 bridgehead atoms. The van der Waals surface area contributed by atoms with Crippen molar-refractivity contribution < 1.29 is 9.84 Å². The Kier molecular flexibility index (Phi) is 5.12. The van der Waals surface area contributed by atoms with Gasteiger partial charge in [0.2, 0.25) is 0 Å². The Bertz CT molecular complexity index is 326. The van der Waals surface area contributed by atoms with Gasteiger partial charge in [0.15, 0.2) is 11.5 Å². The fourth-order valence-corrected chi connectivity index (χ4v) is 1.77. The molecule has 0 aliphatic carbocycles. The van der Waals surface area contributed by atoms with Gasteiger partial charge >= 0.3 is 0 Å². The van der Waals surface area contributed by atoms with Gasteiger partial charge in [0, 0.05) is 12.1 Å². The van der Waals surface area contributed by atoms with Crippen molar-refractivity contribution >= 4 is 0 Å². The van der Waals surface area contributed by atoms with E-state index < -0.39 is 0 Å². The average molecular weight is 223 g/mol. The van der Waals surface area contributed by atoms with Crippen molar-refractivity contribution in [2.75, 3.05) is 20.2 Å². The first-order valence-electron chi connectivity index (χ1n) is 5.80. The molecule has 1 N–H and O–H groups in total. The molecule has 0 aliphatic rings. The van der Waals surface area contributed by atoms with Gasteiger partial charge in [-0.25, -0.2) is 0 Å². The Hall–Kier alpha value is -1.22. The van der Waals surface area contributed by atoms with Gasteiger partial charge in [-0.2, -0.15) is 0 Å². The molecule has 90 valence electrons. The van der Waals surface area contributed by atoms with Gasteiger partial charge in [-0.1, -0.05) is 26.0 Å². The second kappa shape index (κ2) is 6.38. The summed E-state index contributed by atoms with van der Waals surface area (Å²) in [5, 5.41) is 9.95. The third-order valence-corrected chi connectivity index (χ3v) is 2.68. The molecule has 3 nitrogen and oxygen atoms in total. The zero-order valence-corrected chi connectivity index (χ0v) is 10.4. The number of nitrogens with zero attached hydrogens (tertiary/aromatic N) is 1. The van der Waals surface area contributed by atoms with Gasteiger partial charge in [-0.05, 0) is 25.6 Å². The summed E-state index contributed by atoms with van der Waals surface area (Å²) in [6.45, 7) is 7.10. The average Bonchev–Trinajstić information content (AvgIpc) is 2.31. The van der Waals surface area contributed by atoms with Crippen LogP contribution in [0.3, 0.4) is 0 Å². The van der Waals surface area contributed by atoms with Crippen LogP contribution in [-0.2, 0) is 6.54 Å². The SMILES string of the molecule is CCCN(CC)Cc1cccc(OC)c1O. The number of para-hydroxylation sites is 1. The Morgan fingerprint density at radius 2 is 2.06 bits per heavy atom. The number of ether oxygens (including phenoxy) is 1. The van der Waals surface area contributed by atoms with E-state index in [2.05, 4.69) is 18.7 Å². The molecule has 0 spiro atoms. The lowest BCUT2D eigenvalue weighted by Gasteiger charge is -2.20. The van der Waals surface area contributed by atoms with Crippen LogP contribution < -0.4 is 4.74 Å². The lowest BCUT2D eigenvalue weighted by Crippen LogP contribution is -2.23. The topological polar surface area (TPSA) is 32.7 Å². The van der Waals surface area contributed by atoms with Crippen molar-refractivity contribution in [1.29, 1.82) is 0 Å². The molecule has 0 saturated heterocycles. The van der Waals surface area contributed by atoms with Crippen molar-refractivity contribution in [2.24, 2.45) is 0 Å². The molecule has 0 aliphatic heterocycles. The highest BCUT2D eigenvalue weighted by Crippen LogP contribution is 2.30. The van der Waals surface area contributed by atoms with Crippen LogP contribution in [0.2, 0.25) is 0 Å². The predicted octanol–water partition coefficient (Wildman–Crippen LogP) is 2.63. The van der Waals surface area contributed by atoms with Crippen molar-refractivity contribution in [3.05, 3.63) is 23.8 Å². The highest BCUT2D eigenvalue weighted by Gasteiger charge is 2.10. The van der Waals surface area contributed by atoms with E-state index in [0.29, 0.717) is 5.75 Å². The highest BCUT2D eigenvalue weighted by molar-refractivity contribution is 5.45. The lowest BCUT2D eigenvalue weighted by molar-refractivity contribution is 0.274. The first kappa shape index (κ1) is 12.8. The zero-order valence-electron chi connectivity index (χ0n) is 10.4. The summed E-state index contributed by atoms with van der Waals surface area (Å²) >= 11 is 0. The molecular formula is C13H21NO2. The van der Waals surface area contributed by atoms with Crippen molar-refractivity contribution in [3.8, 4) is 11.5 Å². The summed E-state index contributed by atoms with van der Waals surface area (Å²) in [6.07, 6.45) is 1.12. The van der Waals surface area contributed by atoms with Crippen LogP contribution in [0.1, 0.15) is 25.8 Å². The number of hydrogen-bond acceptors (Lipinski definition) is 3. The molecule has 0 fully saturated rings. The summed E-state index contributed by atoms with van der Waals surface area (Å²) in [6, 6.07) is 5.62. The van der Waals surface area contributed by atoms with Gasteiger partial charge in [-0.15, -0.1) is 0 Å². The summed E-state index contributed by atoms with van der Waals surface area (Å²) in [7, 11) is 1.57. The van der Waals surface area contributed by atoms with Crippen molar-refractivity contribution in [1.82, 2.24) is 4.90 Å². The third-order valence-electron chi connectivity index (χ3n) is 2.68. The van der Waals surface area contributed by atoms with E-state index in [0.717, 1.165) is 31.6 Å². The monoisotopic (exact) mass is 223 g/mol. The lowest BCUT2D eigenvalue weighted by atomic mass is 10.1. The van der Waals surface area contributed by atoms with Gasteiger partial charge in [0.05, 0.1) is 7.11 Å². The molecule has 0 amide bonds. The van der Waals surface area contributed by atoms with Crippen LogP contribution in [0.5, 0.6) is 11.5 Å². The van der Waals surface area contributed by atoms with Crippen LogP contribution in [0, 0.1) is 0 Å². The molecule has 1 aromatic carbocycles. The van der Waals surface area contributed by atoms with Gasteiger partial charge in [0.1, 0.15) is 0 Å². The molecule has 0 heterocycles. The molecule has 0 unspecified atom stereocenters. The van der Waals surface area contributed by atoms with E-state index in [1.165, 1.54) is 0 Å². The standard InChI is InChI=1S/C13H21NO2/c1-4-9-14(5-2)10-11-7-6-8-12(16-3)13(11)15/h6-8,15H,4-5,9-10H2,1-3H3. The van der Waals surface area contributed by atoms with E-state index in [9.17, 15) is 5.11 Å². The van der Waals surface area contributed by atoms with E-state index in [-0.39, 0.29) is 5.75 Å². The Balaban J connectivity index is 2.79. The van der Waals surface area contributed by atoms with Gasteiger partial charge in [-0.3, -0.25) is 4.90 Å². The Labute approximate surface area is 97.7 Å². The number of phenolic OH excluding ortho intramolecular Hbond substituents is 1. The first-order valence-corrected chi connectivity index (χ1v) is 5.80. The normalized spacial score (nSPS) is 10.8. The number of aromatic hydroxyl groups is 1. The Morgan fingerprint density at radius 1 is 1.31 bits per heavy atom. The van der Waals surface area contributed by atoms with E-state index in [1.54, 1.807) is 13.2 Å². The van der Waals surface area contributed by atoms with Gasteiger partial charge < -0.3 is 9.84 Å². The summed E-state index contributed by atoms with van der Waals surface area (Å²) in [4.78, 5) is 2.30. The molecule has 0 atom stereocenters. The maximum Gasteiger partial charge on any atom is 0.162 e. The second-order valence-electron chi connectivity index (χ2n) is 3.84. The number of phenols is 1. The van der Waals surface area contributed by atoms with E-state index >= 15 is 0 Å². The second-order valence-corrected chi connectivity index (χ2v) is 3.84. The highest BCUT2D eigenvalue weighted by atomic mass is 16.5. The zero-order chi connectivity index (χ0) is 12.0. The maximum atomic E-state index is 9.95. The van der Waals surface area contributed by atoms with Crippen LogP contribution in [-0.4, -0.2) is 30.2 Å². The first-order chi connectivity index (χ1) is 7.72. The Morgan fingerprint density at radius 3 is 2.62 bits per heavy atom. The van der Waals surface area contributed by atoms with Crippen LogP contribution >= 0.6 is 0 Å². The van der Waals surface area contributed by atoms with Gasteiger partial charge in [0.25, 0.3) is 0 Å². The summed E-state index contributed by atoms with van der Waals surface area (Å²) in [5.74, 6) is 0.810. The molecular weight excluding hydrogens is 202 g/mol. The van der Waals surface area contributed by atoms with Crippen LogP contribution in [0.4, 0.5) is 0 Å². The van der Waals surface area contributed by atoms with E-state index in [4.69, 9.17) is 4.74 Å². The van der Waals surface area contributed by atoms with E-state index in [1.807, 2.05) is 12.1 Å². The smallest absolute Gasteiger partial charge is 0.162 e. The maximum absolute atomic E-state index is 9.95. The molecule has 1 rings (SSSR count). The molecule has 0 radical (unpaired) electrons. The quantitative estimate of drug-likeness (QED) is 0.804. The molecule has 0 saturated carbocycles. The largest absolute Gasteiger partial charge is 0.504 e. The summed E-state index contributed by atoms with van der Waals surface area (Å²) in [5.41, 5.74) is 0.926. The van der Waals surface area contributed by atoms with Crippen molar-refractivity contribution in [2.45, 2.75) is 26.8 Å². The summed E-state index contributed by atoms with van der Waals surface area (Å²) < 4.78 is 5.09.